The quantitative estimate of drug-likeness (QED) is 0.705. The zero-order chi connectivity index (χ0) is 10.8. The van der Waals surface area contributed by atoms with Gasteiger partial charge >= 0.3 is 0 Å². The molecule has 0 bridgehead atoms. The largest absolute Gasteiger partial charge is 0.455 e. The predicted octanol–water partition coefficient (Wildman–Crippen LogP) is 2.29. The number of rotatable bonds is 2. The van der Waals surface area contributed by atoms with E-state index in [0.29, 0.717) is 0 Å². The molecule has 0 N–H and O–H groups in total. The maximum atomic E-state index is 13.2. The van der Waals surface area contributed by atoms with E-state index in [1.54, 1.807) is 0 Å². The molecule has 1 aliphatic rings. The first-order valence-corrected chi connectivity index (χ1v) is 4.12. The van der Waals surface area contributed by atoms with Gasteiger partial charge in [0.2, 0.25) is 0 Å². The highest BCUT2D eigenvalue weighted by Crippen LogP contribution is 2.26. The van der Waals surface area contributed by atoms with Crippen molar-refractivity contribution in [1.82, 2.24) is 0 Å². The van der Waals surface area contributed by atoms with E-state index in [9.17, 15) is 13.6 Å². The lowest BCUT2D eigenvalue weighted by Crippen LogP contribution is -2.02. The third-order valence-electron chi connectivity index (χ3n) is 1.95. The molecule has 0 radical (unpaired) electrons. The maximum Gasteiger partial charge on any atom is 0.266 e. The molecule has 78 valence electrons. The van der Waals surface area contributed by atoms with Gasteiger partial charge < -0.3 is 9.47 Å². The minimum Gasteiger partial charge on any atom is -0.455 e. The molecule has 1 aliphatic heterocycles. The second kappa shape index (κ2) is 3.68. The van der Waals surface area contributed by atoms with Crippen LogP contribution in [0.2, 0.25) is 0 Å². The van der Waals surface area contributed by atoms with Gasteiger partial charge in [-0.15, -0.1) is 0 Å². The van der Waals surface area contributed by atoms with Gasteiger partial charge in [0.25, 0.3) is 6.29 Å². The van der Waals surface area contributed by atoms with Gasteiger partial charge in [-0.25, -0.2) is 8.78 Å². The molecule has 1 aromatic carbocycles. The van der Waals surface area contributed by atoms with E-state index < -0.39 is 23.5 Å². The third kappa shape index (κ3) is 1.68. The summed E-state index contributed by atoms with van der Waals surface area (Å²) in [5.74, 6) is -1.86. The van der Waals surface area contributed by atoms with Crippen LogP contribution in [0, 0.1) is 11.6 Å². The van der Waals surface area contributed by atoms with Crippen LogP contribution in [0.1, 0.15) is 22.2 Å². The Morgan fingerprint density at radius 1 is 1.13 bits per heavy atom. The maximum absolute atomic E-state index is 13.2. The molecule has 1 aromatic rings. The second-order valence-corrected chi connectivity index (χ2v) is 2.89. The summed E-state index contributed by atoms with van der Waals surface area (Å²) in [5, 5.41) is 0. The van der Waals surface area contributed by atoms with Gasteiger partial charge in [-0.2, -0.15) is 0 Å². The van der Waals surface area contributed by atoms with E-state index in [1.807, 2.05) is 0 Å². The fourth-order valence-corrected chi connectivity index (χ4v) is 1.25. The number of halogens is 2. The summed E-state index contributed by atoms with van der Waals surface area (Å²) in [5.41, 5.74) is -0.412. The Balaban J connectivity index is 2.38. The SMILES string of the molecule is O=Cc1c(F)cc(C2OC=CO2)cc1F. The van der Waals surface area contributed by atoms with E-state index in [-0.39, 0.29) is 11.8 Å². The Labute approximate surface area is 83.9 Å². The van der Waals surface area contributed by atoms with Crippen molar-refractivity contribution in [2.24, 2.45) is 0 Å². The predicted molar refractivity (Wildman–Crippen MR) is 45.8 cm³/mol. The molecule has 5 heteroatoms. The van der Waals surface area contributed by atoms with Crippen molar-refractivity contribution in [3.63, 3.8) is 0 Å². The molecule has 0 spiro atoms. The zero-order valence-corrected chi connectivity index (χ0v) is 7.44. The molecular weight excluding hydrogens is 206 g/mol. The van der Waals surface area contributed by atoms with E-state index in [1.165, 1.54) is 12.5 Å². The van der Waals surface area contributed by atoms with E-state index in [0.717, 1.165) is 12.1 Å². The first-order chi connectivity index (χ1) is 7.22. The van der Waals surface area contributed by atoms with Gasteiger partial charge in [0, 0.05) is 5.56 Å². The van der Waals surface area contributed by atoms with Crippen LogP contribution < -0.4 is 0 Å². The minimum absolute atomic E-state index is 0.128. The van der Waals surface area contributed by atoms with Gasteiger partial charge in [-0.05, 0) is 12.1 Å². The van der Waals surface area contributed by atoms with E-state index in [2.05, 4.69) is 0 Å². The van der Waals surface area contributed by atoms with Crippen molar-refractivity contribution >= 4 is 6.29 Å². The molecule has 0 aliphatic carbocycles. The summed E-state index contributed by atoms with van der Waals surface area (Å²) < 4.78 is 36.1. The van der Waals surface area contributed by atoms with Gasteiger partial charge in [-0.1, -0.05) is 0 Å². The van der Waals surface area contributed by atoms with Crippen LogP contribution >= 0.6 is 0 Å². The average molecular weight is 212 g/mol. The molecule has 0 amide bonds. The Morgan fingerprint density at radius 3 is 2.13 bits per heavy atom. The number of carbonyl (C=O) groups excluding carboxylic acids is 1. The van der Waals surface area contributed by atoms with Crippen LogP contribution in [-0.2, 0) is 9.47 Å². The molecule has 1 heterocycles. The molecular formula is C10H6F2O3. The van der Waals surface area contributed by atoms with Crippen LogP contribution in [0.5, 0.6) is 0 Å². The normalized spacial score (nSPS) is 14.8. The first kappa shape index (κ1) is 9.64. The molecule has 15 heavy (non-hydrogen) atoms. The van der Waals surface area contributed by atoms with Crippen LogP contribution in [-0.4, -0.2) is 6.29 Å². The Morgan fingerprint density at radius 2 is 1.67 bits per heavy atom. The van der Waals surface area contributed by atoms with Crippen molar-refractivity contribution < 1.29 is 23.0 Å². The second-order valence-electron chi connectivity index (χ2n) is 2.89. The lowest BCUT2D eigenvalue weighted by Gasteiger charge is -2.11. The number of aldehydes is 1. The lowest BCUT2D eigenvalue weighted by atomic mass is 10.1. The molecule has 3 nitrogen and oxygen atoms in total. The molecule has 0 saturated heterocycles. The highest BCUT2D eigenvalue weighted by Gasteiger charge is 2.19. The minimum atomic E-state index is -0.931. The van der Waals surface area contributed by atoms with Crippen LogP contribution in [0.4, 0.5) is 8.78 Å². The summed E-state index contributed by atoms with van der Waals surface area (Å²) in [6.07, 6.45) is 1.82. The van der Waals surface area contributed by atoms with Gasteiger partial charge in [0.1, 0.15) is 24.2 Å². The number of hydrogen-bond acceptors (Lipinski definition) is 3. The van der Waals surface area contributed by atoms with E-state index in [4.69, 9.17) is 9.47 Å². The summed E-state index contributed by atoms with van der Waals surface area (Å²) in [7, 11) is 0. The van der Waals surface area contributed by atoms with Crippen LogP contribution in [0.25, 0.3) is 0 Å². The van der Waals surface area contributed by atoms with E-state index >= 15 is 0 Å². The highest BCUT2D eigenvalue weighted by atomic mass is 19.1. The molecule has 0 saturated carbocycles. The molecule has 0 unspecified atom stereocenters. The number of hydrogen-bond donors (Lipinski definition) is 0. The first-order valence-electron chi connectivity index (χ1n) is 4.12. The Kier molecular flexibility index (Phi) is 2.37. The molecule has 0 fully saturated rings. The number of benzene rings is 1. The van der Waals surface area contributed by atoms with Crippen molar-refractivity contribution in [2.75, 3.05) is 0 Å². The highest BCUT2D eigenvalue weighted by molar-refractivity contribution is 5.75. The molecule has 2 rings (SSSR count). The smallest absolute Gasteiger partial charge is 0.266 e. The van der Waals surface area contributed by atoms with Crippen LogP contribution in [0.3, 0.4) is 0 Å². The monoisotopic (exact) mass is 212 g/mol. The average Bonchev–Trinajstić information content (AvgIpc) is 2.69. The van der Waals surface area contributed by atoms with Gasteiger partial charge in [0.15, 0.2) is 6.29 Å². The van der Waals surface area contributed by atoms with Crippen molar-refractivity contribution in [3.05, 3.63) is 47.4 Å². The van der Waals surface area contributed by atoms with Gasteiger partial charge in [0.05, 0.1) is 5.56 Å². The lowest BCUT2D eigenvalue weighted by molar-refractivity contribution is -0.0250. The number of carbonyl (C=O) groups is 1. The Hall–Kier alpha value is -1.91. The Bertz CT molecular complexity index is 398. The molecule has 0 aromatic heterocycles. The summed E-state index contributed by atoms with van der Waals surface area (Å²) in [6, 6.07) is 2.01. The van der Waals surface area contributed by atoms with Crippen LogP contribution in [0.15, 0.2) is 24.7 Å². The fourth-order valence-electron chi connectivity index (χ4n) is 1.25. The number of ether oxygens (including phenoxy) is 2. The van der Waals surface area contributed by atoms with Crippen molar-refractivity contribution in [2.45, 2.75) is 6.29 Å². The standard InChI is InChI=1S/C10H6F2O3/c11-8-3-6(10-14-1-2-15-10)4-9(12)7(8)5-13/h1-5,10H. The van der Waals surface area contributed by atoms with Crippen molar-refractivity contribution in [1.29, 1.82) is 0 Å². The summed E-state index contributed by atoms with van der Waals surface area (Å²) >= 11 is 0. The summed E-state index contributed by atoms with van der Waals surface area (Å²) in [6.45, 7) is 0. The third-order valence-corrected chi connectivity index (χ3v) is 1.95. The van der Waals surface area contributed by atoms with Crippen molar-refractivity contribution in [3.8, 4) is 0 Å². The van der Waals surface area contributed by atoms with Gasteiger partial charge in [-0.3, -0.25) is 4.79 Å². The summed E-state index contributed by atoms with van der Waals surface area (Å²) in [4.78, 5) is 10.3. The molecule has 0 atom stereocenters. The topological polar surface area (TPSA) is 35.5 Å². The zero-order valence-electron chi connectivity index (χ0n) is 7.44. The fraction of sp³-hybridized carbons (Fsp3) is 0.100.